The van der Waals surface area contributed by atoms with Crippen LogP contribution in [0.25, 0.3) is 0 Å². The summed E-state index contributed by atoms with van der Waals surface area (Å²) < 4.78 is 4.64. The van der Waals surface area contributed by atoms with Gasteiger partial charge in [0, 0.05) is 12.2 Å². The van der Waals surface area contributed by atoms with Crippen LogP contribution in [0.3, 0.4) is 0 Å². The van der Waals surface area contributed by atoms with Crippen molar-refractivity contribution in [1.82, 2.24) is 0 Å². The molecule has 17 heavy (non-hydrogen) atoms. The Bertz CT molecular complexity index is 396. The average molecular weight is 234 g/mol. The molecule has 0 bridgehead atoms. The van der Waals surface area contributed by atoms with Gasteiger partial charge < -0.3 is 15.8 Å². The number of methoxy groups -OCH3 is 1. The van der Waals surface area contributed by atoms with Gasteiger partial charge in [0.25, 0.3) is 0 Å². The molecule has 1 aliphatic carbocycles. The monoisotopic (exact) mass is 234 g/mol. The van der Waals surface area contributed by atoms with Crippen LogP contribution in [0.4, 0.5) is 5.69 Å². The number of carbonyl (C=O) groups is 1. The molecule has 0 amide bonds. The molecule has 0 aromatic heterocycles. The Labute approximate surface area is 101 Å². The van der Waals surface area contributed by atoms with Crippen molar-refractivity contribution in [2.45, 2.75) is 12.8 Å². The van der Waals surface area contributed by atoms with Gasteiger partial charge in [0.1, 0.15) is 0 Å². The highest BCUT2D eigenvalue weighted by molar-refractivity contribution is 5.89. The van der Waals surface area contributed by atoms with E-state index in [9.17, 15) is 4.79 Å². The second-order valence-corrected chi connectivity index (χ2v) is 4.63. The molecule has 1 aliphatic rings. The molecule has 1 fully saturated rings. The minimum atomic E-state index is -0.308. The Morgan fingerprint density at radius 3 is 2.53 bits per heavy atom. The zero-order valence-electron chi connectivity index (χ0n) is 10.0. The van der Waals surface area contributed by atoms with Gasteiger partial charge in [-0.2, -0.15) is 0 Å². The first-order valence-corrected chi connectivity index (χ1v) is 5.81. The lowest BCUT2D eigenvalue weighted by molar-refractivity contribution is 0.0601. The van der Waals surface area contributed by atoms with Crippen LogP contribution in [-0.2, 0) is 4.74 Å². The van der Waals surface area contributed by atoms with E-state index in [0.717, 1.165) is 18.8 Å². The normalized spacial score (nSPS) is 16.4. The van der Waals surface area contributed by atoms with E-state index in [0.29, 0.717) is 11.0 Å². The van der Waals surface area contributed by atoms with Crippen LogP contribution in [0.15, 0.2) is 24.3 Å². The lowest BCUT2D eigenvalue weighted by Crippen LogP contribution is -2.24. The number of carbonyl (C=O) groups excluding carboxylic acids is 1. The zero-order valence-corrected chi connectivity index (χ0v) is 10.0. The second kappa shape index (κ2) is 4.75. The summed E-state index contributed by atoms with van der Waals surface area (Å²) in [6, 6.07) is 7.30. The van der Waals surface area contributed by atoms with Gasteiger partial charge in [0.2, 0.25) is 0 Å². The first-order valence-electron chi connectivity index (χ1n) is 5.81. The highest BCUT2D eigenvalue weighted by Gasteiger charge is 2.40. The Morgan fingerprint density at radius 1 is 1.41 bits per heavy atom. The van der Waals surface area contributed by atoms with Gasteiger partial charge in [0.05, 0.1) is 12.7 Å². The molecule has 1 aromatic carbocycles. The number of anilines is 1. The quantitative estimate of drug-likeness (QED) is 0.760. The van der Waals surface area contributed by atoms with E-state index in [1.165, 1.54) is 20.0 Å². The minimum absolute atomic E-state index is 0.307. The summed E-state index contributed by atoms with van der Waals surface area (Å²) in [5, 5.41) is 3.35. The predicted octanol–water partition coefficient (Wildman–Crippen LogP) is 1.62. The molecule has 3 N–H and O–H groups in total. The molecule has 1 saturated carbocycles. The van der Waals surface area contributed by atoms with Gasteiger partial charge in [-0.3, -0.25) is 0 Å². The first-order chi connectivity index (χ1) is 8.19. The first kappa shape index (κ1) is 11.9. The van der Waals surface area contributed by atoms with E-state index in [-0.39, 0.29) is 5.97 Å². The SMILES string of the molecule is COC(=O)c1ccc(NCC2(CN)CC2)cc1. The van der Waals surface area contributed by atoms with Crippen molar-refractivity contribution in [2.75, 3.05) is 25.5 Å². The van der Waals surface area contributed by atoms with Gasteiger partial charge in [-0.1, -0.05) is 0 Å². The summed E-state index contributed by atoms with van der Waals surface area (Å²) >= 11 is 0. The van der Waals surface area contributed by atoms with Crippen LogP contribution >= 0.6 is 0 Å². The van der Waals surface area contributed by atoms with Crippen molar-refractivity contribution in [1.29, 1.82) is 0 Å². The van der Waals surface area contributed by atoms with Crippen LogP contribution in [0, 0.1) is 5.41 Å². The molecule has 2 rings (SSSR count). The maximum Gasteiger partial charge on any atom is 0.337 e. The summed E-state index contributed by atoms with van der Waals surface area (Å²) in [5.41, 5.74) is 7.60. The Morgan fingerprint density at radius 2 is 2.06 bits per heavy atom. The molecule has 0 spiro atoms. The van der Waals surface area contributed by atoms with E-state index in [1.807, 2.05) is 12.1 Å². The topological polar surface area (TPSA) is 64.3 Å². The summed E-state index contributed by atoms with van der Waals surface area (Å²) in [7, 11) is 1.38. The Balaban J connectivity index is 1.92. The number of nitrogens with two attached hydrogens (primary N) is 1. The third-order valence-corrected chi connectivity index (χ3v) is 3.36. The molecule has 0 unspecified atom stereocenters. The number of rotatable bonds is 5. The standard InChI is InChI=1S/C13H18N2O2/c1-17-12(16)10-2-4-11(5-3-10)15-9-13(8-14)6-7-13/h2-5,15H,6-9,14H2,1H3. The van der Waals surface area contributed by atoms with Crippen LogP contribution < -0.4 is 11.1 Å². The van der Waals surface area contributed by atoms with E-state index in [4.69, 9.17) is 5.73 Å². The van der Waals surface area contributed by atoms with Crippen molar-refractivity contribution in [3.05, 3.63) is 29.8 Å². The molecule has 0 saturated heterocycles. The number of benzene rings is 1. The average Bonchev–Trinajstić information content (AvgIpc) is 3.17. The lowest BCUT2D eigenvalue weighted by Gasteiger charge is -2.14. The lowest BCUT2D eigenvalue weighted by atomic mass is 10.1. The fourth-order valence-electron chi connectivity index (χ4n) is 1.76. The van der Waals surface area contributed by atoms with E-state index in [1.54, 1.807) is 12.1 Å². The molecule has 0 atom stereocenters. The molecule has 1 aromatic rings. The highest BCUT2D eigenvalue weighted by atomic mass is 16.5. The molecule has 0 radical (unpaired) electrons. The minimum Gasteiger partial charge on any atom is -0.465 e. The van der Waals surface area contributed by atoms with Crippen molar-refractivity contribution in [3.8, 4) is 0 Å². The van der Waals surface area contributed by atoms with Crippen LogP contribution in [0.1, 0.15) is 23.2 Å². The zero-order chi connectivity index (χ0) is 12.3. The predicted molar refractivity (Wildman–Crippen MR) is 67.0 cm³/mol. The summed E-state index contributed by atoms with van der Waals surface area (Å²) in [6.07, 6.45) is 2.41. The Kier molecular flexibility index (Phi) is 3.33. The third kappa shape index (κ3) is 2.77. The van der Waals surface area contributed by atoms with Crippen molar-refractivity contribution in [2.24, 2.45) is 11.1 Å². The molecule has 0 heterocycles. The van der Waals surface area contributed by atoms with Crippen molar-refractivity contribution >= 4 is 11.7 Å². The maximum absolute atomic E-state index is 11.2. The van der Waals surface area contributed by atoms with Gasteiger partial charge in [-0.25, -0.2) is 4.79 Å². The number of nitrogens with one attached hydrogen (secondary N) is 1. The van der Waals surface area contributed by atoms with Crippen molar-refractivity contribution in [3.63, 3.8) is 0 Å². The highest BCUT2D eigenvalue weighted by Crippen LogP contribution is 2.44. The second-order valence-electron chi connectivity index (χ2n) is 4.63. The fraction of sp³-hybridized carbons (Fsp3) is 0.462. The molecule has 4 nitrogen and oxygen atoms in total. The Hall–Kier alpha value is -1.55. The van der Waals surface area contributed by atoms with E-state index < -0.39 is 0 Å². The van der Waals surface area contributed by atoms with Crippen molar-refractivity contribution < 1.29 is 9.53 Å². The number of esters is 1. The van der Waals surface area contributed by atoms with Crippen LogP contribution in [0.5, 0.6) is 0 Å². The number of ether oxygens (including phenoxy) is 1. The maximum atomic E-state index is 11.2. The molecule has 4 heteroatoms. The molecular weight excluding hydrogens is 216 g/mol. The number of hydrogen-bond donors (Lipinski definition) is 2. The third-order valence-electron chi connectivity index (χ3n) is 3.36. The summed E-state index contributed by atoms with van der Waals surface area (Å²) in [6.45, 7) is 1.64. The largest absolute Gasteiger partial charge is 0.465 e. The van der Waals surface area contributed by atoms with E-state index in [2.05, 4.69) is 10.1 Å². The summed E-state index contributed by atoms with van der Waals surface area (Å²) in [4.78, 5) is 11.2. The smallest absolute Gasteiger partial charge is 0.337 e. The van der Waals surface area contributed by atoms with Gasteiger partial charge >= 0.3 is 5.97 Å². The fourth-order valence-corrected chi connectivity index (χ4v) is 1.76. The van der Waals surface area contributed by atoms with Crippen LogP contribution in [-0.4, -0.2) is 26.2 Å². The van der Waals surface area contributed by atoms with Gasteiger partial charge in [0.15, 0.2) is 0 Å². The van der Waals surface area contributed by atoms with E-state index >= 15 is 0 Å². The molecule has 0 aliphatic heterocycles. The number of hydrogen-bond acceptors (Lipinski definition) is 4. The van der Waals surface area contributed by atoms with Gasteiger partial charge in [-0.05, 0) is 49.1 Å². The molecular formula is C13H18N2O2. The molecule has 92 valence electrons. The summed E-state index contributed by atoms with van der Waals surface area (Å²) in [5.74, 6) is -0.308. The van der Waals surface area contributed by atoms with Gasteiger partial charge in [-0.15, -0.1) is 0 Å². The van der Waals surface area contributed by atoms with Crippen LogP contribution in [0.2, 0.25) is 0 Å².